The Kier molecular flexibility index (Phi) is 4.46. The number of hydrogen-bond donors (Lipinski definition) is 1. The van der Waals surface area contributed by atoms with Gasteiger partial charge in [-0.3, -0.25) is 14.9 Å². The van der Waals surface area contributed by atoms with Crippen molar-refractivity contribution in [1.29, 1.82) is 0 Å². The molecular formula is C18H22N2O5S. The molecule has 140 valence electrons. The zero-order chi connectivity index (χ0) is 18.3. The van der Waals surface area contributed by atoms with E-state index in [4.69, 9.17) is 4.74 Å². The molecule has 8 heteroatoms. The number of hydrogen-bond acceptors (Lipinski definition) is 6. The van der Waals surface area contributed by atoms with E-state index in [2.05, 4.69) is 5.32 Å². The maximum absolute atomic E-state index is 12.1. The van der Waals surface area contributed by atoms with Crippen LogP contribution in [0.3, 0.4) is 0 Å². The van der Waals surface area contributed by atoms with Gasteiger partial charge in [-0.2, -0.15) is 0 Å². The first kappa shape index (κ1) is 17.5. The summed E-state index contributed by atoms with van der Waals surface area (Å²) in [5, 5.41) is 13.5. The van der Waals surface area contributed by atoms with Gasteiger partial charge in [0.05, 0.1) is 4.92 Å². The third-order valence-electron chi connectivity index (χ3n) is 6.13. The van der Waals surface area contributed by atoms with Crippen LogP contribution in [-0.4, -0.2) is 30.0 Å². The molecule has 1 N–H and O–H groups in total. The molecule has 4 aliphatic rings. The largest absolute Gasteiger partial charge is 0.451 e. The molecule has 1 aromatic rings. The highest BCUT2D eigenvalue weighted by molar-refractivity contribution is 7.17. The summed E-state index contributed by atoms with van der Waals surface area (Å²) in [6, 6.07) is 2.60. The van der Waals surface area contributed by atoms with Crippen molar-refractivity contribution in [3.63, 3.8) is 0 Å². The fourth-order valence-electron chi connectivity index (χ4n) is 5.58. The highest BCUT2D eigenvalue weighted by Crippen LogP contribution is 2.59. The van der Waals surface area contributed by atoms with Crippen molar-refractivity contribution in [1.82, 2.24) is 5.32 Å². The summed E-state index contributed by atoms with van der Waals surface area (Å²) in [6.45, 7) is 0.314. The number of nitrogens with zero attached hydrogens (tertiary/aromatic N) is 1. The minimum absolute atomic E-state index is 0.122. The van der Waals surface area contributed by atoms with Crippen LogP contribution in [0.15, 0.2) is 12.1 Å². The maximum atomic E-state index is 12.1. The lowest BCUT2D eigenvalue weighted by Gasteiger charge is -2.56. The van der Waals surface area contributed by atoms with Crippen molar-refractivity contribution < 1.29 is 19.2 Å². The number of nitrogens with one attached hydrogen (secondary N) is 1. The van der Waals surface area contributed by atoms with Crippen LogP contribution in [-0.2, 0) is 9.53 Å². The van der Waals surface area contributed by atoms with Crippen molar-refractivity contribution in [2.45, 2.75) is 38.5 Å². The summed E-state index contributed by atoms with van der Waals surface area (Å²) in [5.74, 6) is 1.47. The van der Waals surface area contributed by atoms with Crippen LogP contribution in [0.5, 0.6) is 0 Å². The van der Waals surface area contributed by atoms with E-state index < -0.39 is 10.9 Å². The molecule has 1 heterocycles. The van der Waals surface area contributed by atoms with Crippen molar-refractivity contribution in [3.8, 4) is 0 Å². The molecule has 0 atom stereocenters. The number of nitro groups is 1. The molecular weight excluding hydrogens is 356 g/mol. The average molecular weight is 378 g/mol. The zero-order valence-corrected chi connectivity index (χ0v) is 15.3. The Labute approximate surface area is 155 Å². The Morgan fingerprint density at radius 3 is 2.35 bits per heavy atom. The summed E-state index contributed by atoms with van der Waals surface area (Å²) in [7, 11) is 0. The van der Waals surface area contributed by atoms with Crippen molar-refractivity contribution in [3.05, 3.63) is 27.1 Å². The fraction of sp³-hybridized carbons (Fsp3) is 0.667. The van der Waals surface area contributed by atoms with Crippen LogP contribution in [0.1, 0.15) is 48.2 Å². The monoisotopic (exact) mass is 378 g/mol. The van der Waals surface area contributed by atoms with Crippen molar-refractivity contribution in [2.75, 3.05) is 13.2 Å². The van der Waals surface area contributed by atoms with Crippen LogP contribution in [0.25, 0.3) is 0 Å². The Morgan fingerprint density at radius 1 is 1.19 bits per heavy atom. The third kappa shape index (κ3) is 3.47. The number of rotatable bonds is 6. The van der Waals surface area contributed by atoms with E-state index in [1.807, 2.05) is 0 Å². The van der Waals surface area contributed by atoms with E-state index >= 15 is 0 Å². The Balaban J connectivity index is 1.25. The summed E-state index contributed by atoms with van der Waals surface area (Å²) in [4.78, 5) is 34.2. The smallest absolute Gasteiger partial charge is 0.349 e. The van der Waals surface area contributed by atoms with E-state index in [-0.39, 0.29) is 27.8 Å². The Hall–Kier alpha value is -1.96. The summed E-state index contributed by atoms with van der Waals surface area (Å²) < 4.78 is 4.99. The number of carbonyl (C=O) groups is 2. The third-order valence-corrected chi connectivity index (χ3v) is 7.15. The summed E-state index contributed by atoms with van der Waals surface area (Å²) in [6.07, 6.45) is 7.70. The highest BCUT2D eigenvalue weighted by Gasteiger charge is 2.50. The van der Waals surface area contributed by atoms with E-state index in [1.54, 1.807) is 0 Å². The molecule has 4 saturated carbocycles. The SMILES string of the molecule is O=C(COC(=O)c1ccc([N+](=O)[O-])s1)NCC12CC3CC(CC(C3)C1)C2. The average Bonchev–Trinajstić information content (AvgIpc) is 3.07. The van der Waals surface area contributed by atoms with Crippen LogP contribution < -0.4 is 5.32 Å². The van der Waals surface area contributed by atoms with Gasteiger partial charge in [0.25, 0.3) is 5.91 Å². The molecule has 1 aromatic heterocycles. The van der Waals surface area contributed by atoms with Crippen molar-refractivity contribution >= 4 is 28.2 Å². The fourth-order valence-corrected chi connectivity index (χ4v) is 6.30. The topological polar surface area (TPSA) is 98.5 Å². The molecule has 0 spiro atoms. The van der Waals surface area contributed by atoms with Crippen LogP contribution in [0.2, 0.25) is 0 Å². The second kappa shape index (κ2) is 6.64. The lowest BCUT2D eigenvalue weighted by molar-refractivity contribution is -0.380. The summed E-state index contributed by atoms with van der Waals surface area (Å²) in [5.41, 5.74) is 0.239. The molecule has 4 bridgehead atoms. The lowest BCUT2D eigenvalue weighted by atomic mass is 9.49. The zero-order valence-electron chi connectivity index (χ0n) is 14.4. The van der Waals surface area contributed by atoms with Gasteiger partial charge >= 0.3 is 11.0 Å². The van der Waals surface area contributed by atoms with Crippen LogP contribution >= 0.6 is 11.3 Å². The second-order valence-corrected chi connectivity index (χ2v) is 9.23. The molecule has 26 heavy (non-hydrogen) atoms. The molecule has 0 unspecified atom stereocenters. The van der Waals surface area contributed by atoms with Gasteiger partial charge in [-0.05, 0) is 67.8 Å². The standard InChI is InChI=1S/C18H22N2O5S/c21-15(9-25-17(22)14-1-2-16(26-14)20(23)24)19-10-18-6-11-3-12(7-18)5-13(4-11)8-18/h1-2,11-13H,3-10H2,(H,19,21). The van der Waals surface area contributed by atoms with Gasteiger partial charge in [-0.1, -0.05) is 11.3 Å². The van der Waals surface area contributed by atoms with Gasteiger partial charge in [-0.25, -0.2) is 4.79 Å². The first-order valence-electron chi connectivity index (χ1n) is 9.10. The van der Waals surface area contributed by atoms with Crippen LogP contribution in [0, 0.1) is 33.3 Å². The maximum Gasteiger partial charge on any atom is 0.349 e. The molecule has 4 aliphatic carbocycles. The van der Waals surface area contributed by atoms with E-state index in [0.29, 0.717) is 6.54 Å². The minimum atomic E-state index is -0.701. The second-order valence-electron chi connectivity index (χ2n) is 8.17. The predicted octanol–water partition coefficient (Wildman–Crippen LogP) is 3.15. The minimum Gasteiger partial charge on any atom is -0.451 e. The molecule has 7 nitrogen and oxygen atoms in total. The van der Waals surface area contributed by atoms with Gasteiger partial charge in [0.1, 0.15) is 4.88 Å². The van der Waals surface area contributed by atoms with Crippen LogP contribution in [0.4, 0.5) is 5.00 Å². The normalized spacial score (nSPS) is 31.6. The Morgan fingerprint density at radius 2 is 1.81 bits per heavy atom. The molecule has 0 aromatic carbocycles. The van der Waals surface area contributed by atoms with Gasteiger partial charge in [-0.15, -0.1) is 0 Å². The van der Waals surface area contributed by atoms with Gasteiger partial charge in [0.2, 0.25) is 0 Å². The number of ether oxygens (including phenoxy) is 1. The van der Waals surface area contributed by atoms with E-state index in [0.717, 1.165) is 29.1 Å². The molecule has 0 saturated heterocycles. The highest BCUT2D eigenvalue weighted by atomic mass is 32.1. The number of esters is 1. The molecule has 0 aliphatic heterocycles. The summed E-state index contributed by atoms with van der Waals surface area (Å²) >= 11 is 0.747. The molecule has 5 rings (SSSR count). The lowest BCUT2D eigenvalue weighted by Crippen LogP contribution is -2.51. The molecule has 4 fully saturated rings. The first-order chi connectivity index (χ1) is 12.4. The van der Waals surface area contributed by atoms with Crippen molar-refractivity contribution in [2.24, 2.45) is 23.2 Å². The van der Waals surface area contributed by atoms with E-state index in [1.165, 1.54) is 50.7 Å². The Bertz CT molecular complexity index is 708. The first-order valence-corrected chi connectivity index (χ1v) is 9.92. The predicted molar refractivity (Wildman–Crippen MR) is 94.9 cm³/mol. The number of carbonyl (C=O) groups excluding carboxylic acids is 2. The van der Waals surface area contributed by atoms with Gasteiger partial charge in [0.15, 0.2) is 6.61 Å². The number of amides is 1. The molecule has 1 amide bonds. The van der Waals surface area contributed by atoms with E-state index in [9.17, 15) is 19.7 Å². The van der Waals surface area contributed by atoms with Gasteiger partial charge < -0.3 is 10.1 Å². The molecule has 0 radical (unpaired) electrons. The number of thiophene rings is 1. The quantitative estimate of drug-likeness (QED) is 0.466. The van der Waals surface area contributed by atoms with Gasteiger partial charge in [0, 0.05) is 12.6 Å².